The zero-order chi connectivity index (χ0) is 19.1. The first-order chi connectivity index (χ1) is 12.4. The molecule has 0 radical (unpaired) electrons. The van der Waals surface area contributed by atoms with Crippen molar-refractivity contribution in [3.63, 3.8) is 0 Å². The highest BCUT2D eigenvalue weighted by Gasteiger charge is 2.14. The van der Waals surface area contributed by atoms with Crippen molar-refractivity contribution in [2.45, 2.75) is 19.9 Å². The average molecular weight is 380 g/mol. The first-order valence-corrected chi connectivity index (χ1v) is 8.49. The molecule has 1 aromatic heterocycles. The maximum Gasteiger partial charge on any atom is 0.319 e. The maximum atomic E-state index is 12.1. The fourth-order valence-electron chi connectivity index (χ4n) is 2.26. The number of halogens is 1. The van der Waals surface area contributed by atoms with Crippen LogP contribution in [0.3, 0.4) is 0 Å². The lowest BCUT2D eigenvalue weighted by atomic mass is 10.2. The van der Waals surface area contributed by atoms with Crippen LogP contribution in [0.2, 0.25) is 5.02 Å². The van der Waals surface area contributed by atoms with Crippen LogP contribution >= 0.6 is 11.6 Å². The van der Waals surface area contributed by atoms with Gasteiger partial charge in [-0.25, -0.2) is 4.79 Å². The minimum Gasteiger partial charge on any atom is -0.464 e. The van der Waals surface area contributed by atoms with Gasteiger partial charge < -0.3 is 25.1 Å². The average Bonchev–Trinajstić information content (AvgIpc) is 3.01. The van der Waals surface area contributed by atoms with Crippen molar-refractivity contribution in [1.29, 1.82) is 0 Å². The fraction of sp³-hybridized carbons (Fsp3) is 0.333. The van der Waals surface area contributed by atoms with Gasteiger partial charge >= 0.3 is 6.03 Å². The molecule has 1 aromatic carbocycles. The number of ether oxygens (including phenoxy) is 1. The van der Waals surface area contributed by atoms with Gasteiger partial charge in [0.1, 0.15) is 11.5 Å². The second-order valence-corrected chi connectivity index (χ2v) is 6.12. The molecule has 0 unspecified atom stereocenters. The smallest absolute Gasteiger partial charge is 0.319 e. The monoisotopic (exact) mass is 379 g/mol. The van der Waals surface area contributed by atoms with E-state index in [4.69, 9.17) is 20.8 Å². The van der Waals surface area contributed by atoms with Gasteiger partial charge in [-0.2, -0.15) is 0 Å². The van der Waals surface area contributed by atoms with Crippen LogP contribution in [0.4, 0.5) is 10.5 Å². The van der Waals surface area contributed by atoms with Crippen LogP contribution in [0.15, 0.2) is 34.7 Å². The third kappa shape index (κ3) is 5.50. The van der Waals surface area contributed by atoms with Crippen molar-refractivity contribution in [1.82, 2.24) is 10.6 Å². The molecular formula is C18H22ClN3O4. The summed E-state index contributed by atoms with van der Waals surface area (Å²) in [5.41, 5.74) is 0.803. The van der Waals surface area contributed by atoms with E-state index in [9.17, 15) is 9.59 Å². The van der Waals surface area contributed by atoms with Gasteiger partial charge in [0.25, 0.3) is 5.91 Å². The standard InChI is InChI=1S/C18H22ClN3O4/c1-11-4-7-16(26-11)12(2)21-18(24)22-13-5-6-14(15(19)10-13)17(23)20-8-9-25-3/h4-7,10,12H,8-9H2,1-3H3,(H,20,23)(H2,21,22,24)/t12-/m0/s1. The largest absolute Gasteiger partial charge is 0.464 e. The van der Waals surface area contributed by atoms with Crippen molar-refractivity contribution >= 4 is 29.2 Å². The van der Waals surface area contributed by atoms with Crippen LogP contribution in [0.5, 0.6) is 0 Å². The number of rotatable bonds is 7. The van der Waals surface area contributed by atoms with Gasteiger partial charge in [0.15, 0.2) is 0 Å². The predicted molar refractivity (Wildman–Crippen MR) is 99.7 cm³/mol. The third-order valence-corrected chi connectivity index (χ3v) is 3.91. The highest BCUT2D eigenvalue weighted by atomic mass is 35.5. The van der Waals surface area contributed by atoms with E-state index >= 15 is 0 Å². The number of carbonyl (C=O) groups excluding carboxylic acids is 2. The molecule has 0 fully saturated rings. The molecule has 0 aliphatic rings. The summed E-state index contributed by atoms with van der Waals surface area (Å²) in [6.07, 6.45) is 0. The van der Waals surface area contributed by atoms with E-state index in [1.807, 2.05) is 26.0 Å². The molecule has 0 spiro atoms. The van der Waals surface area contributed by atoms with E-state index in [0.717, 1.165) is 5.76 Å². The molecule has 1 atom stereocenters. The summed E-state index contributed by atoms with van der Waals surface area (Å²) in [6.45, 7) is 4.46. The predicted octanol–water partition coefficient (Wildman–Crippen LogP) is 3.50. The number of hydrogen-bond acceptors (Lipinski definition) is 4. The molecule has 1 heterocycles. The molecule has 2 aromatic rings. The summed E-state index contributed by atoms with van der Waals surface area (Å²) in [7, 11) is 1.55. The number of urea groups is 1. The Morgan fingerprint density at radius 2 is 2.04 bits per heavy atom. The first kappa shape index (κ1) is 19.8. The maximum absolute atomic E-state index is 12.1. The summed E-state index contributed by atoms with van der Waals surface area (Å²) in [5.74, 6) is 1.14. The van der Waals surface area contributed by atoms with E-state index in [1.54, 1.807) is 19.2 Å². The SMILES string of the molecule is COCCNC(=O)c1ccc(NC(=O)N[C@@H](C)c2ccc(C)o2)cc1Cl. The summed E-state index contributed by atoms with van der Waals surface area (Å²) in [5, 5.41) is 8.38. The topological polar surface area (TPSA) is 92.6 Å². The number of aryl methyl sites for hydroxylation is 1. The highest BCUT2D eigenvalue weighted by molar-refractivity contribution is 6.34. The van der Waals surface area contributed by atoms with Crippen molar-refractivity contribution in [2.24, 2.45) is 0 Å². The zero-order valence-electron chi connectivity index (χ0n) is 14.9. The molecule has 2 rings (SSSR count). The zero-order valence-corrected chi connectivity index (χ0v) is 15.6. The molecule has 0 aliphatic carbocycles. The molecule has 0 saturated carbocycles. The van der Waals surface area contributed by atoms with Crippen molar-refractivity contribution in [3.05, 3.63) is 52.4 Å². The summed E-state index contributed by atoms with van der Waals surface area (Å²) >= 11 is 6.15. The van der Waals surface area contributed by atoms with Crippen LogP contribution < -0.4 is 16.0 Å². The summed E-state index contributed by atoms with van der Waals surface area (Å²) < 4.78 is 10.4. The van der Waals surface area contributed by atoms with Gasteiger partial charge in [-0.15, -0.1) is 0 Å². The molecule has 3 amide bonds. The van der Waals surface area contributed by atoms with Gasteiger partial charge in [0.2, 0.25) is 0 Å². The lowest BCUT2D eigenvalue weighted by molar-refractivity contribution is 0.0937. The van der Waals surface area contributed by atoms with E-state index in [-0.39, 0.29) is 17.0 Å². The van der Waals surface area contributed by atoms with E-state index in [0.29, 0.717) is 30.2 Å². The number of amides is 3. The second kappa shape index (κ2) is 9.26. The van der Waals surface area contributed by atoms with Gasteiger partial charge in [0.05, 0.1) is 23.2 Å². The van der Waals surface area contributed by atoms with Crippen molar-refractivity contribution in [3.8, 4) is 0 Å². The van der Waals surface area contributed by atoms with Gasteiger partial charge in [-0.1, -0.05) is 11.6 Å². The van der Waals surface area contributed by atoms with E-state index in [2.05, 4.69) is 16.0 Å². The molecule has 0 bridgehead atoms. The number of benzene rings is 1. The Kier molecular flexibility index (Phi) is 7.06. The highest BCUT2D eigenvalue weighted by Crippen LogP contribution is 2.21. The Bertz CT molecular complexity index is 776. The van der Waals surface area contributed by atoms with Crippen LogP contribution in [-0.2, 0) is 4.74 Å². The lowest BCUT2D eigenvalue weighted by Gasteiger charge is -2.13. The Balaban J connectivity index is 1.94. The minimum atomic E-state index is -0.403. The van der Waals surface area contributed by atoms with Crippen LogP contribution in [0.1, 0.15) is 34.8 Å². The Morgan fingerprint density at radius 3 is 2.65 bits per heavy atom. The van der Waals surface area contributed by atoms with Gasteiger partial charge in [0, 0.05) is 19.3 Å². The molecular weight excluding hydrogens is 358 g/mol. The van der Waals surface area contributed by atoms with E-state index in [1.165, 1.54) is 6.07 Å². The molecule has 140 valence electrons. The Labute approximate surface area is 157 Å². The van der Waals surface area contributed by atoms with Crippen LogP contribution in [0, 0.1) is 6.92 Å². The number of methoxy groups -OCH3 is 1. The van der Waals surface area contributed by atoms with Gasteiger partial charge in [-0.3, -0.25) is 4.79 Å². The van der Waals surface area contributed by atoms with Crippen molar-refractivity contribution in [2.75, 3.05) is 25.6 Å². The first-order valence-electron chi connectivity index (χ1n) is 8.11. The third-order valence-electron chi connectivity index (χ3n) is 3.60. The molecule has 3 N–H and O–H groups in total. The number of carbonyl (C=O) groups is 2. The quantitative estimate of drug-likeness (QED) is 0.642. The van der Waals surface area contributed by atoms with Crippen LogP contribution in [0.25, 0.3) is 0 Å². The summed E-state index contributed by atoms with van der Waals surface area (Å²) in [6, 6.07) is 7.65. The normalized spacial score (nSPS) is 11.7. The molecule has 0 aliphatic heterocycles. The Hall–Kier alpha value is -2.51. The lowest BCUT2D eigenvalue weighted by Crippen LogP contribution is -2.31. The number of nitrogens with one attached hydrogen (secondary N) is 3. The second-order valence-electron chi connectivity index (χ2n) is 5.71. The molecule has 8 heteroatoms. The molecule has 7 nitrogen and oxygen atoms in total. The number of anilines is 1. The van der Waals surface area contributed by atoms with Gasteiger partial charge in [-0.05, 0) is 44.2 Å². The van der Waals surface area contributed by atoms with E-state index < -0.39 is 6.03 Å². The van der Waals surface area contributed by atoms with Crippen molar-refractivity contribution < 1.29 is 18.7 Å². The number of furan rings is 1. The molecule has 26 heavy (non-hydrogen) atoms. The minimum absolute atomic E-state index is 0.243. The van der Waals surface area contributed by atoms with Crippen LogP contribution in [-0.4, -0.2) is 32.2 Å². The fourth-order valence-corrected chi connectivity index (χ4v) is 2.53. The number of hydrogen-bond donors (Lipinski definition) is 3. The summed E-state index contributed by atoms with van der Waals surface area (Å²) in [4.78, 5) is 24.1. The Morgan fingerprint density at radius 1 is 1.27 bits per heavy atom. The molecule has 0 saturated heterocycles.